The maximum Gasteiger partial charge on any atom is 0.334 e. The maximum atomic E-state index is 14.6. The zero-order chi connectivity index (χ0) is 30.0. The summed E-state index contributed by atoms with van der Waals surface area (Å²) in [5.41, 5.74) is 1.41. The molecule has 0 aromatic heterocycles. The topological polar surface area (TPSA) is 96.4 Å². The average molecular weight is 582 g/mol. The standard InChI is InChI=1S/C30H30F3N5O4/c1-2-36-18-28(40)37-26(13-19-5-11-24(39)12-6-19)29(41)35(16-21-7-10-23(32)14-25(21)33)17-27(37)38(36)30(42)34-15-20-3-8-22(31)9-4-20/h3-12,14,26-27,39H,2,13,15-18H2,1H3,(H,34,42)/t26-,27-/m0/s1. The molecule has 2 heterocycles. The van der Waals surface area contributed by atoms with E-state index in [9.17, 15) is 32.7 Å². The van der Waals surface area contributed by atoms with Crippen LogP contribution in [0, 0.1) is 17.5 Å². The second-order valence-corrected chi connectivity index (χ2v) is 10.2. The van der Waals surface area contributed by atoms with Crippen LogP contribution in [-0.4, -0.2) is 74.6 Å². The van der Waals surface area contributed by atoms with E-state index in [0.29, 0.717) is 17.7 Å². The second kappa shape index (κ2) is 12.1. The van der Waals surface area contributed by atoms with E-state index < -0.39 is 41.6 Å². The normalized spacial score (nSPS) is 19.2. The number of nitrogens with one attached hydrogen (secondary N) is 1. The summed E-state index contributed by atoms with van der Waals surface area (Å²) >= 11 is 0. The first-order valence-corrected chi connectivity index (χ1v) is 13.5. The molecule has 2 N–H and O–H groups in total. The number of nitrogens with zero attached hydrogens (tertiary/aromatic N) is 4. The van der Waals surface area contributed by atoms with E-state index >= 15 is 0 Å². The fraction of sp³-hybridized carbons (Fsp3) is 0.300. The lowest BCUT2D eigenvalue weighted by Crippen LogP contribution is -2.76. The summed E-state index contributed by atoms with van der Waals surface area (Å²) in [6, 6.07) is 13.4. The highest BCUT2D eigenvalue weighted by Crippen LogP contribution is 2.30. The number of urea groups is 1. The van der Waals surface area contributed by atoms with Gasteiger partial charge in [-0.2, -0.15) is 0 Å². The maximum absolute atomic E-state index is 14.6. The Kier molecular flexibility index (Phi) is 8.34. The predicted molar refractivity (Wildman–Crippen MR) is 146 cm³/mol. The van der Waals surface area contributed by atoms with Crippen LogP contribution in [0.15, 0.2) is 66.7 Å². The van der Waals surface area contributed by atoms with Crippen LogP contribution in [0.4, 0.5) is 18.0 Å². The van der Waals surface area contributed by atoms with Gasteiger partial charge in [-0.25, -0.2) is 28.0 Å². The highest BCUT2D eigenvalue weighted by atomic mass is 19.1. The monoisotopic (exact) mass is 581 g/mol. The Labute approximate surface area is 240 Å². The first kappa shape index (κ1) is 28.9. The van der Waals surface area contributed by atoms with Gasteiger partial charge < -0.3 is 20.2 Å². The number of carbonyl (C=O) groups excluding carboxylic acids is 3. The molecule has 42 heavy (non-hydrogen) atoms. The van der Waals surface area contributed by atoms with E-state index in [1.807, 2.05) is 0 Å². The molecule has 0 bridgehead atoms. The zero-order valence-electron chi connectivity index (χ0n) is 22.8. The number of phenols is 1. The van der Waals surface area contributed by atoms with E-state index in [0.717, 1.165) is 12.1 Å². The summed E-state index contributed by atoms with van der Waals surface area (Å²) < 4.78 is 41.6. The molecular formula is C30H30F3N5O4. The number of carbonyl (C=O) groups is 3. The van der Waals surface area contributed by atoms with E-state index in [2.05, 4.69) is 5.32 Å². The van der Waals surface area contributed by atoms with Crippen LogP contribution in [0.5, 0.6) is 5.75 Å². The summed E-state index contributed by atoms with van der Waals surface area (Å²) in [4.78, 5) is 43.8. The number of fused-ring (bicyclic) bond motifs is 1. The molecule has 2 fully saturated rings. The number of benzene rings is 3. The lowest BCUT2D eigenvalue weighted by molar-refractivity contribution is -0.190. The Morgan fingerprint density at radius 2 is 1.62 bits per heavy atom. The molecule has 9 nitrogen and oxygen atoms in total. The van der Waals surface area contributed by atoms with E-state index in [4.69, 9.17) is 0 Å². The van der Waals surface area contributed by atoms with E-state index in [1.165, 1.54) is 45.1 Å². The second-order valence-electron chi connectivity index (χ2n) is 10.2. The van der Waals surface area contributed by atoms with Gasteiger partial charge in [0, 0.05) is 37.7 Å². The fourth-order valence-corrected chi connectivity index (χ4v) is 5.38. The number of halogens is 3. The van der Waals surface area contributed by atoms with Crippen molar-refractivity contribution in [3.05, 3.63) is 101 Å². The van der Waals surface area contributed by atoms with Gasteiger partial charge in [0.25, 0.3) is 0 Å². The van der Waals surface area contributed by atoms with Gasteiger partial charge in [0.1, 0.15) is 35.4 Å². The SMILES string of the molecule is CCN1CC(=O)N2[C@@H](Cc3ccc(O)cc3)C(=O)N(Cc3ccc(F)cc3F)C[C@@H]2N1C(=O)NCc1ccc(F)cc1. The van der Waals surface area contributed by atoms with Crippen molar-refractivity contribution in [2.24, 2.45) is 0 Å². The summed E-state index contributed by atoms with van der Waals surface area (Å²) in [5, 5.41) is 15.5. The molecule has 12 heteroatoms. The third-order valence-electron chi connectivity index (χ3n) is 7.50. The van der Waals surface area contributed by atoms with Crippen molar-refractivity contribution in [1.82, 2.24) is 25.1 Å². The average Bonchev–Trinajstić information content (AvgIpc) is 2.96. The summed E-state index contributed by atoms with van der Waals surface area (Å²) in [5.74, 6) is -2.74. The molecule has 5 rings (SSSR count). The third kappa shape index (κ3) is 6.03. The number of likely N-dealkylation sites (N-methyl/N-ethyl adjacent to an activating group) is 1. The quantitative estimate of drug-likeness (QED) is 0.446. The fourth-order valence-electron chi connectivity index (χ4n) is 5.38. The molecule has 2 aliphatic heterocycles. The summed E-state index contributed by atoms with van der Waals surface area (Å²) in [7, 11) is 0. The lowest BCUT2D eigenvalue weighted by Gasteiger charge is -2.55. The van der Waals surface area contributed by atoms with Crippen molar-refractivity contribution < 1.29 is 32.7 Å². The molecule has 2 saturated heterocycles. The van der Waals surface area contributed by atoms with Crippen LogP contribution < -0.4 is 5.32 Å². The van der Waals surface area contributed by atoms with Gasteiger partial charge in [0.2, 0.25) is 11.8 Å². The Balaban J connectivity index is 1.48. The van der Waals surface area contributed by atoms with Crippen molar-refractivity contribution in [2.75, 3.05) is 19.6 Å². The minimum absolute atomic E-state index is 0.0386. The van der Waals surface area contributed by atoms with Gasteiger partial charge in [-0.1, -0.05) is 37.3 Å². The van der Waals surface area contributed by atoms with Gasteiger partial charge >= 0.3 is 6.03 Å². The summed E-state index contributed by atoms with van der Waals surface area (Å²) in [6.07, 6.45) is -0.844. The van der Waals surface area contributed by atoms with Gasteiger partial charge in [-0.05, 0) is 41.5 Å². The number of hydrazine groups is 1. The van der Waals surface area contributed by atoms with Crippen molar-refractivity contribution in [3.8, 4) is 5.75 Å². The number of piperazine rings is 1. The Morgan fingerprint density at radius 3 is 2.29 bits per heavy atom. The molecule has 0 aliphatic carbocycles. The van der Waals surface area contributed by atoms with Gasteiger partial charge in [-0.3, -0.25) is 9.59 Å². The molecule has 3 aromatic rings. The van der Waals surface area contributed by atoms with Crippen LogP contribution in [0.1, 0.15) is 23.6 Å². The highest BCUT2D eigenvalue weighted by molar-refractivity contribution is 5.91. The zero-order valence-corrected chi connectivity index (χ0v) is 22.8. The highest BCUT2D eigenvalue weighted by Gasteiger charge is 2.51. The Hall–Kier alpha value is -4.58. The molecule has 2 aliphatic rings. The van der Waals surface area contributed by atoms with E-state index in [-0.39, 0.29) is 49.8 Å². The minimum Gasteiger partial charge on any atom is -0.508 e. The van der Waals surface area contributed by atoms with Crippen LogP contribution >= 0.6 is 0 Å². The van der Waals surface area contributed by atoms with Gasteiger partial charge in [0.05, 0.1) is 13.1 Å². The van der Waals surface area contributed by atoms with Gasteiger partial charge in [0.15, 0.2) is 0 Å². The molecular weight excluding hydrogens is 551 g/mol. The first-order valence-electron chi connectivity index (χ1n) is 13.5. The largest absolute Gasteiger partial charge is 0.508 e. The van der Waals surface area contributed by atoms with Crippen molar-refractivity contribution in [1.29, 1.82) is 0 Å². The molecule has 0 unspecified atom stereocenters. The minimum atomic E-state index is -1.03. The number of rotatable bonds is 7. The van der Waals surface area contributed by atoms with Gasteiger partial charge in [-0.15, -0.1) is 0 Å². The smallest absolute Gasteiger partial charge is 0.334 e. The van der Waals surface area contributed by atoms with E-state index in [1.54, 1.807) is 36.2 Å². The van der Waals surface area contributed by atoms with Crippen molar-refractivity contribution >= 4 is 17.8 Å². The first-order chi connectivity index (χ1) is 20.1. The van der Waals surface area contributed by atoms with Crippen LogP contribution in [-0.2, 0) is 29.1 Å². The number of hydrogen-bond acceptors (Lipinski definition) is 5. The van der Waals surface area contributed by atoms with Crippen LogP contribution in [0.2, 0.25) is 0 Å². The van der Waals surface area contributed by atoms with Crippen molar-refractivity contribution in [2.45, 2.75) is 38.6 Å². The summed E-state index contributed by atoms with van der Waals surface area (Å²) in [6.45, 7) is 1.72. The van der Waals surface area contributed by atoms with Crippen molar-refractivity contribution in [3.63, 3.8) is 0 Å². The molecule has 2 atom stereocenters. The Morgan fingerprint density at radius 1 is 0.952 bits per heavy atom. The number of hydrogen-bond donors (Lipinski definition) is 2. The molecule has 0 saturated carbocycles. The van der Waals surface area contributed by atoms with Crippen LogP contribution in [0.25, 0.3) is 0 Å². The molecule has 0 spiro atoms. The number of amides is 4. The molecule has 3 aromatic carbocycles. The molecule has 220 valence electrons. The van der Waals surface area contributed by atoms with Crippen LogP contribution in [0.3, 0.4) is 0 Å². The molecule has 0 radical (unpaired) electrons. The predicted octanol–water partition coefficient (Wildman–Crippen LogP) is 3.38. The number of aromatic hydroxyl groups is 1. The molecule has 4 amide bonds. The lowest BCUT2D eigenvalue weighted by atomic mass is 9.98. The third-order valence-corrected chi connectivity index (χ3v) is 7.50. The number of phenolic OH excluding ortho intramolecular Hbond substituents is 1. The Bertz CT molecular complexity index is 1470.